The summed E-state index contributed by atoms with van der Waals surface area (Å²) in [7, 11) is 0. The molecule has 0 bridgehead atoms. The van der Waals surface area contributed by atoms with Gasteiger partial charge in [0.2, 0.25) is 6.41 Å². The van der Waals surface area contributed by atoms with Crippen LogP contribution in [0.1, 0.15) is 13.8 Å². The zero-order valence-corrected chi connectivity index (χ0v) is 6.59. The van der Waals surface area contributed by atoms with Crippen LogP contribution < -0.4 is 5.32 Å². The Hall–Kier alpha value is -1.32. The van der Waals surface area contributed by atoms with E-state index >= 15 is 0 Å². The molecule has 0 saturated carbocycles. The van der Waals surface area contributed by atoms with Crippen LogP contribution in [-0.4, -0.2) is 19.0 Å². The van der Waals surface area contributed by atoms with Crippen LogP contribution in [0.4, 0.5) is 0 Å². The fraction of sp³-hybridized carbons (Fsp3) is 0.429. The SMILES string of the molecule is CCOC(=O)C=C(C)NC=O. The van der Waals surface area contributed by atoms with E-state index in [1.807, 2.05) is 0 Å². The number of rotatable bonds is 4. The van der Waals surface area contributed by atoms with Crippen LogP contribution in [0.3, 0.4) is 0 Å². The van der Waals surface area contributed by atoms with Crippen molar-refractivity contribution in [2.75, 3.05) is 6.61 Å². The van der Waals surface area contributed by atoms with Gasteiger partial charge in [-0.05, 0) is 13.8 Å². The second-order valence-electron chi connectivity index (χ2n) is 1.84. The van der Waals surface area contributed by atoms with E-state index in [-0.39, 0.29) is 0 Å². The highest BCUT2D eigenvalue weighted by Gasteiger charge is 1.95. The summed E-state index contributed by atoms with van der Waals surface area (Å²) in [4.78, 5) is 20.5. The van der Waals surface area contributed by atoms with Gasteiger partial charge >= 0.3 is 5.97 Å². The van der Waals surface area contributed by atoms with E-state index < -0.39 is 5.97 Å². The van der Waals surface area contributed by atoms with Crippen LogP contribution in [0, 0.1) is 0 Å². The Balaban J connectivity index is 3.85. The molecular formula is C7H11NO3. The fourth-order valence-corrected chi connectivity index (χ4v) is 0.495. The predicted molar refractivity (Wildman–Crippen MR) is 39.6 cm³/mol. The number of hydrogen-bond acceptors (Lipinski definition) is 3. The first kappa shape index (κ1) is 9.68. The normalized spacial score (nSPS) is 10.5. The van der Waals surface area contributed by atoms with Gasteiger partial charge in [0.05, 0.1) is 6.61 Å². The van der Waals surface area contributed by atoms with Crippen molar-refractivity contribution < 1.29 is 14.3 Å². The number of carbonyl (C=O) groups excluding carboxylic acids is 2. The molecule has 0 atom stereocenters. The van der Waals surface area contributed by atoms with E-state index in [2.05, 4.69) is 10.1 Å². The van der Waals surface area contributed by atoms with Gasteiger partial charge < -0.3 is 10.1 Å². The highest BCUT2D eigenvalue weighted by atomic mass is 16.5. The monoisotopic (exact) mass is 157 g/mol. The Kier molecular flexibility index (Phi) is 4.81. The Morgan fingerprint density at radius 1 is 1.64 bits per heavy atom. The zero-order valence-electron chi connectivity index (χ0n) is 6.59. The Bertz CT molecular complexity index is 175. The van der Waals surface area contributed by atoms with Gasteiger partial charge in [-0.3, -0.25) is 4.79 Å². The molecule has 0 fully saturated rings. The first-order chi connectivity index (χ1) is 5.20. The summed E-state index contributed by atoms with van der Waals surface area (Å²) < 4.78 is 4.59. The van der Waals surface area contributed by atoms with E-state index in [1.165, 1.54) is 6.08 Å². The second kappa shape index (κ2) is 5.46. The molecule has 0 aromatic carbocycles. The van der Waals surface area contributed by atoms with Gasteiger partial charge in [-0.1, -0.05) is 0 Å². The fourth-order valence-electron chi connectivity index (χ4n) is 0.495. The summed E-state index contributed by atoms with van der Waals surface area (Å²) in [6.07, 6.45) is 1.73. The summed E-state index contributed by atoms with van der Waals surface area (Å²) in [5, 5.41) is 2.31. The average Bonchev–Trinajstić information content (AvgIpc) is 1.87. The van der Waals surface area contributed by atoms with Crippen molar-refractivity contribution in [3.63, 3.8) is 0 Å². The third-order valence-electron chi connectivity index (χ3n) is 0.908. The van der Waals surface area contributed by atoms with Crippen molar-refractivity contribution in [2.45, 2.75) is 13.8 Å². The van der Waals surface area contributed by atoms with E-state index in [1.54, 1.807) is 13.8 Å². The maximum Gasteiger partial charge on any atom is 0.332 e. The molecule has 0 aromatic rings. The Morgan fingerprint density at radius 3 is 2.73 bits per heavy atom. The van der Waals surface area contributed by atoms with Crippen LogP contribution in [0.5, 0.6) is 0 Å². The Labute approximate surface area is 65.2 Å². The second-order valence-corrected chi connectivity index (χ2v) is 1.84. The molecule has 62 valence electrons. The molecule has 0 heterocycles. The summed E-state index contributed by atoms with van der Waals surface area (Å²) in [6, 6.07) is 0. The summed E-state index contributed by atoms with van der Waals surface area (Å²) in [5.74, 6) is -0.445. The molecule has 0 unspecified atom stereocenters. The third kappa shape index (κ3) is 5.14. The molecule has 0 saturated heterocycles. The van der Waals surface area contributed by atoms with Gasteiger partial charge in [0.25, 0.3) is 0 Å². The number of nitrogens with one attached hydrogen (secondary N) is 1. The largest absolute Gasteiger partial charge is 0.463 e. The molecule has 0 aliphatic carbocycles. The van der Waals surface area contributed by atoms with E-state index in [0.29, 0.717) is 18.7 Å². The Morgan fingerprint density at radius 2 is 2.27 bits per heavy atom. The lowest BCUT2D eigenvalue weighted by Gasteiger charge is -1.97. The molecule has 0 aliphatic rings. The molecule has 1 N–H and O–H groups in total. The summed E-state index contributed by atoms with van der Waals surface area (Å²) >= 11 is 0. The van der Waals surface area contributed by atoms with Gasteiger partial charge in [-0.15, -0.1) is 0 Å². The van der Waals surface area contributed by atoms with Crippen LogP contribution in [0.25, 0.3) is 0 Å². The minimum Gasteiger partial charge on any atom is -0.463 e. The maximum atomic E-state index is 10.7. The number of ether oxygens (including phenoxy) is 1. The van der Waals surface area contributed by atoms with Crippen molar-refractivity contribution in [1.29, 1.82) is 0 Å². The van der Waals surface area contributed by atoms with Crippen molar-refractivity contribution in [3.8, 4) is 0 Å². The van der Waals surface area contributed by atoms with Crippen molar-refractivity contribution in [2.24, 2.45) is 0 Å². The highest BCUT2D eigenvalue weighted by molar-refractivity contribution is 5.83. The van der Waals surface area contributed by atoms with Crippen LogP contribution in [0.15, 0.2) is 11.8 Å². The quantitative estimate of drug-likeness (QED) is 0.360. The lowest BCUT2D eigenvalue weighted by molar-refractivity contribution is -0.137. The molecule has 0 aromatic heterocycles. The first-order valence-corrected chi connectivity index (χ1v) is 3.26. The average molecular weight is 157 g/mol. The van der Waals surface area contributed by atoms with Gasteiger partial charge in [-0.2, -0.15) is 0 Å². The number of amides is 1. The summed E-state index contributed by atoms with van der Waals surface area (Å²) in [5.41, 5.74) is 0.471. The number of hydrogen-bond donors (Lipinski definition) is 1. The molecule has 4 heteroatoms. The van der Waals surface area contributed by atoms with Gasteiger partial charge in [-0.25, -0.2) is 4.79 Å². The molecule has 0 radical (unpaired) electrons. The molecule has 11 heavy (non-hydrogen) atoms. The van der Waals surface area contributed by atoms with Crippen LogP contribution >= 0.6 is 0 Å². The number of carbonyl (C=O) groups is 2. The van der Waals surface area contributed by atoms with Crippen molar-refractivity contribution in [3.05, 3.63) is 11.8 Å². The molecule has 1 amide bonds. The van der Waals surface area contributed by atoms with E-state index in [0.717, 1.165) is 0 Å². The maximum absolute atomic E-state index is 10.7. The minimum absolute atomic E-state index is 0.337. The zero-order chi connectivity index (χ0) is 8.69. The highest BCUT2D eigenvalue weighted by Crippen LogP contribution is 1.87. The number of allylic oxidation sites excluding steroid dienone is 1. The number of esters is 1. The molecular weight excluding hydrogens is 146 g/mol. The molecule has 0 aliphatic heterocycles. The van der Waals surface area contributed by atoms with Crippen LogP contribution in [-0.2, 0) is 14.3 Å². The lowest BCUT2D eigenvalue weighted by Crippen LogP contribution is -2.10. The minimum atomic E-state index is -0.445. The standard InChI is InChI=1S/C7H11NO3/c1-3-11-7(10)4-6(2)8-5-9/h4-5H,3H2,1-2H3,(H,8,9). The van der Waals surface area contributed by atoms with E-state index in [9.17, 15) is 9.59 Å². The lowest BCUT2D eigenvalue weighted by atomic mass is 10.4. The molecule has 4 nitrogen and oxygen atoms in total. The van der Waals surface area contributed by atoms with Gasteiger partial charge in [0.1, 0.15) is 0 Å². The summed E-state index contributed by atoms with van der Waals surface area (Å²) in [6.45, 7) is 3.66. The molecule has 0 spiro atoms. The topological polar surface area (TPSA) is 55.4 Å². The van der Waals surface area contributed by atoms with E-state index in [4.69, 9.17) is 0 Å². The van der Waals surface area contributed by atoms with Gasteiger partial charge in [0, 0.05) is 11.8 Å². The van der Waals surface area contributed by atoms with Gasteiger partial charge in [0.15, 0.2) is 0 Å². The van der Waals surface area contributed by atoms with Crippen molar-refractivity contribution in [1.82, 2.24) is 5.32 Å². The molecule has 0 rings (SSSR count). The van der Waals surface area contributed by atoms with Crippen molar-refractivity contribution >= 4 is 12.4 Å². The smallest absolute Gasteiger partial charge is 0.332 e. The first-order valence-electron chi connectivity index (χ1n) is 3.26. The third-order valence-corrected chi connectivity index (χ3v) is 0.908. The predicted octanol–water partition coefficient (Wildman–Crippen LogP) is 0.199. The van der Waals surface area contributed by atoms with Crippen LogP contribution in [0.2, 0.25) is 0 Å².